The quantitative estimate of drug-likeness (QED) is 0.446. The lowest BCUT2D eigenvalue weighted by atomic mass is 10.2. The molecule has 2 heteroatoms. The van der Waals surface area contributed by atoms with Gasteiger partial charge in [-0.25, -0.2) is 0 Å². The Morgan fingerprint density at radius 1 is 1.00 bits per heavy atom. The van der Waals surface area contributed by atoms with E-state index >= 15 is 0 Å². The van der Waals surface area contributed by atoms with Crippen molar-refractivity contribution in [1.82, 2.24) is 5.06 Å². The second kappa shape index (κ2) is 2.28. The lowest BCUT2D eigenvalue weighted by molar-refractivity contribution is -0.000201. The van der Waals surface area contributed by atoms with Gasteiger partial charge in [-0.15, -0.1) is 0 Å². The van der Waals surface area contributed by atoms with Crippen LogP contribution in [0.4, 0.5) is 0 Å². The first kappa shape index (κ1) is 5.06. The number of piperidine rings is 1. The molecular weight excluding hydrogens is 90.1 g/mol. The minimum Gasteiger partial charge on any atom is -0.163 e. The van der Waals surface area contributed by atoms with Crippen molar-refractivity contribution in [2.45, 2.75) is 19.3 Å². The van der Waals surface area contributed by atoms with Gasteiger partial charge < -0.3 is 0 Å². The smallest absolute Gasteiger partial charge is 0.159 e. The number of hydrogen-bond donors (Lipinski definition) is 1. The van der Waals surface area contributed by atoms with Gasteiger partial charge in [-0.3, -0.25) is 0 Å². The Bertz CT molecular complexity index is 50.0. The first-order valence-electron chi connectivity index (χ1n) is 2.83. The fourth-order valence-electron chi connectivity index (χ4n) is 0.877. The lowest BCUT2D eigenvalue weighted by Crippen LogP contribution is -2.31. The van der Waals surface area contributed by atoms with Gasteiger partial charge in [-0.05, 0) is 11.5 Å². The molecule has 0 aromatic rings. The summed E-state index contributed by atoms with van der Waals surface area (Å²) < 4.78 is 0. The molecule has 1 saturated heterocycles. The van der Waals surface area contributed by atoms with Crippen LogP contribution in [0.2, 0.25) is 0 Å². The molecule has 0 aromatic carbocycles. The monoisotopic (exact) mass is 101 g/mol. The second-order valence-electron chi connectivity index (χ2n) is 2.01. The standard InChI is InChI=1S/C5H11NO/c7-6-4-2-1-3-5-6/h7H,1-5H2/q+1. The summed E-state index contributed by atoms with van der Waals surface area (Å²) in [6.45, 7) is 1.75. The maximum Gasteiger partial charge on any atom is 0.159 e. The van der Waals surface area contributed by atoms with Gasteiger partial charge in [0, 0.05) is 12.8 Å². The van der Waals surface area contributed by atoms with Crippen LogP contribution >= 0.6 is 0 Å². The molecular formula is C5H11NO+. The van der Waals surface area contributed by atoms with E-state index in [0.29, 0.717) is 0 Å². The molecule has 7 heavy (non-hydrogen) atoms. The maximum atomic E-state index is 8.74. The summed E-state index contributed by atoms with van der Waals surface area (Å²) in [4.78, 5) is 0. The van der Waals surface area contributed by atoms with Crippen molar-refractivity contribution in [3.05, 3.63) is 0 Å². The predicted molar refractivity (Wildman–Crippen MR) is 27.5 cm³/mol. The molecule has 1 rings (SSSR count). The van der Waals surface area contributed by atoms with Crippen LogP contribution in [-0.4, -0.2) is 18.3 Å². The Morgan fingerprint density at radius 3 is 1.86 bits per heavy atom. The third kappa shape index (κ3) is 1.45. The van der Waals surface area contributed by atoms with Crippen molar-refractivity contribution in [1.29, 1.82) is 0 Å². The van der Waals surface area contributed by atoms with Gasteiger partial charge >= 0.3 is 0 Å². The molecule has 1 heterocycles. The molecule has 1 radical (unpaired) electrons. The molecule has 0 bridgehead atoms. The van der Waals surface area contributed by atoms with Crippen molar-refractivity contribution in [3.63, 3.8) is 0 Å². The van der Waals surface area contributed by atoms with Gasteiger partial charge in [-0.2, -0.15) is 5.21 Å². The third-order valence-corrected chi connectivity index (χ3v) is 1.33. The van der Waals surface area contributed by atoms with Crippen LogP contribution < -0.4 is 5.06 Å². The Kier molecular flexibility index (Phi) is 1.65. The van der Waals surface area contributed by atoms with Crippen molar-refractivity contribution < 1.29 is 5.21 Å². The Hall–Kier alpha value is -0.0800. The molecule has 0 amide bonds. The molecule has 0 atom stereocenters. The van der Waals surface area contributed by atoms with E-state index in [9.17, 15) is 0 Å². The van der Waals surface area contributed by atoms with Crippen molar-refractivity contribution in [2.24, 2.45) is 0 Å². The maximum absolute atomic E-state index is 8.74. The van der Waals surface area contributed by atoms with Crippen LogP contribution in [0, 0.1) is 0 Å². The highest BCUT2D eigenvalue weighted by molar-refractivity contribution is 4.58. The normalized spacial score (nSPS) is 25.3. The Morgan fingerprint density at radius 2 is 1.57 bits per heavy atom. The summed E-state index contributed by atoms with van der Waals surface area (Å²) in [6, 6.07) is 0. The first-order valence-corrected chi connectivity index (χ1v) is 2.83. The average Bonchev–Trinajstić information content (AvgIpc) is 1.69. The second-order valence-corrected chi connectivity index (χ2v) is 2.01. The van der Waals surface area contributed by atoms with E-state index in [0.717, 1.165) is 25.9 Å². The van der Waals surface area contributed by atoms with E-state index in [1.165, 1.54) is 11.5 Å². The minimum atomic E-state index is 0.875. The van der Waals surface area contributed by atoms with Crippen LogP contribution in [0.1, 0.15) is 19.3 Å². The van der Waals surface area contributed by atoms with E-state index < -0.39 is 0 Å². The topological polar surface area (TPSA) is 26.1 Å². The van der Waals surface area contributed by atoms with Gasteiger partial charge in [0.1, 0.15) is 0 Å². The lowest BCUT2D eigenvalue weighted by Gasteiger charge is -2.07. The molecule has 1 aliphatic heterocycles. The number of hydrogen-bond acceptors (Lipinski definition) is 2. The molecule has 0 unspecified atom stereocenters. The van der Waals surface area contributed by atoms with Crippen molar-refractivity contribution in [3.8, 4) is 0 Å². The largest absolute Gasteiger partial charge is 0.163 e. The van der Waals surface area contributed by atoms with Crippen LogP contribution in [-0.2, 0) is 0 Å². The van der Waals surface area contributed by atoms with Crippen molar-refractivity contribution >= 4 is 0 Å². The Balaban J connectivity index is 2.12. The molecule has 0 aliphatic carbocycles. The van der Waals surface area contributed by atoms with Gasteiger partial charge in [0.15, 0.2) is 13.1 Å². The highest BCUT2D eigenvalue weighted by atomic mass is 16.5. The zero-order chi connectivity index (χ0) is 5.11. The highest BCUT2D eigenvalue weighted by Gasteiger charge is 2.15. The van der Waals surface area contributed by atoms with Gasteiger partial charge in [0.05, 0.1) is 0 Å². The van der Waals surface area contributed by atoms with Crippen LogP contribution in [0.5, 0.6) is 0 Å². The van der Waals surface area contributed by atoms with Gasteiger partial charge in [0.2, 0.25) is 0 Å². The van der Waals surface area contributed by atoms with Gasteiger partial charge in [0.25, 0.3) is 0 Å². The molecule has 1 aliphatic rings. The molecule has 0 aromatic heterocycles. The zero-order valence-electron chi connectivity index (χ0n) is 4.43. The van der Waals surface area contributed by atoms with Crippen LogP contribution in [0.15, 0.2) is 0 Å². The molecule has 41 valence electrons. The van der Waals surface area contributed by atoms with Crippen LogP contribution in [0.3, 0.4) is 0 Å². The van der Waals surface area contributed by atoms with E-state index in [1.54, 1.807) is 0 Å². The SMILES string of the molecule is O[N+]1CCCCC1. The molecule has 1 fully saturated rings. The molecule has 1 N–H and O–H groups in total. The fourth-order valence-corrected chi connectivity index (χ4v) is 0.877. The Labute approximate surface area is 43.7 Å². The number of hydroxylamine groups is 2. The van der Waals surface area contributed by atoms with E-state index in [2.05, 4.69) is 0 Å². The predicted octanol–water partition coefficient (Wildman–Crippen LogP) is 0.700. The highest BCUT2D eigenvalue weighted by Crippen LogP contribution is 2.02. The summed E-state index contributed by atoms with van der Waals surface area (Å²) in [7, 11) is 0. The molecule has 0 spiro atoms. The minimum absolute atomic E-state index is 0.875. The van der Waals surface area contributed by atoms with Gasteiger partial charge in [-0.1, -0.05) is 0 Å². The fraction of sp³-hybridized carbons (Fsp3) is 1.00. The number of nitrogens with zero attached hydrogens (tertiary/aromatic N) is 1. The summed E-state index contributed by atoms with van der Waals surface area (Å²) in [5.41, 5.74) is 0. The first-order chi connectivity index (χ1) is 3.39. The van der Waals surface area contributed by atoms with Crippen LogP contribution in [0.25, 0.3) is 0 Å². The van der Waals surface area contributed by atoms with E-state index in [-0.39, 0.29) is 0 Å². The zero-order valence-corrected chi connectivity index (χ0v) is 4.43. The summed E-state index contributed by atoms with van der Waals surface area (Å²) in [5.74, 6) is 0. The summed E-state index contributed by atoms with van der Waals surface area (Å²) in [6.07, 6.45) is 3.62. The van der Waals surface area contributed by atoms with E-state index in [4.69, 9.17) is 5.21 Å². The summed E-state index contributed by atoms with van der Waals surface area (Å²) in [5, 5.41) is 10.1. The average molecular weight is 101 g/mol. The summed E-state index contributed by atoms with van der Waals surface area (Å²) >= 11 is 0. The van der Waals surface area contributed by atoms with E-state index in [1.807, 2.05) is 0 Å². The number of rotatable bonds is 0. The molecule has 0 saturated carbocycles. The van der Waals surface area contributed by atoms with Crippen molar-refractivity contribution in [2.75, 3.05) is 13.1 Å². The third-order valence-electron chi connectivity index (χ3n) is 1.33. The molecule has 2 nitrogen and oxygen atoms in total.